The van der Waals surface area contributed by atoms with Gasteiger partial charge < -0.3 is 5.32 Å². The molecule has 1 N–H and O–H groups in total. The van der Waals surface area contributed by atoms with Gasteiger partial charge in [-0.15, -0.1) is 0 Å². The minimum atomic E-state index is -0.300. The number of fused-ring (bicyclic) bond motifs is 1. The van der Waals surface area contributed by atoms with Crippen LogP contribution in [0.5, 0.6) is 0 Å². The van der Waals surface area contributed by atoms with Crippen LogP contribution in [0, 0.1) is 11.3 Å². The third-order valence-electron chi connectivity index (χ3n) is 8.26. The molecule has 36 heavy (non-hydrogen) atoms. The van der Waals surface area contributed by atoms with Gasteiger partial charge in [0.25, 0.3) is 0 Å². The molecule has 0 unspecified atom stereocenters. The first kappa shape index (κ1) is 23.5. The number of likely N-dealkylation sites (tertiary alicyclic amines) is 2. The van der Waals surface area contributed by atoms with Crippen LogP contribution in [0.15, 0.2) is 30.7 Å². The zero-order valence-electron chi connectivity index (χ0n) is 20.9. The summed E-state index contributed by atoms with van der Waals surface area (Å²) < 4.78 is 14.5. The lowest BCUT2D eigenvalue weighted by molar-refractivity contribution is -0.139. The van der Waals surface area contributed by atoms with Crippen molar-refractivity contribution in [2.24, 2.45) is 18.4 Å². The Hall–Kier alpha value is -2.91. The van der Waals surface area contributed by atoms with Gasteiger partial charge in [-0.25, -0.2) is 9.37 Å². The fourth-order valence-corrected chi connectivity index (χ4v) is 6.28. The van der Waals surface area contributed by atoms with E-state index in [0.717, 1.165) is 67.6 Å². The number of halogens is 1. The number of alkyl halides is 1. The molecule has 1 saturated carbocycles. The lowest BCUT2D eigenvalue weighted by atomic mass is 9.57. The Balaban J connectivity index is 1.15. The Morgan fingerprint density at radius 2 is 1.83 bits per heavy atom. The normalized spacial score (nSPS) is 20.4. The van der Waals surface area contributed by atoms with Crippen LogP contribution in [0.1, 0.15) is 37.8 Å². The Labute approximate surface area is 210 Å². The maximum Gasteiger partial charge on any atom is 0.228 e. The Bertz CT molecular complexity index is 1250. The van der Waals surface area contributed by atoms with E-state index in [1.54, 1.807) is 6.20 Å². The summed E-state index contributed by atoms with van der Waals surface area (Å²) in [6.45, 7) is 5.17. The van der Waals surface area contributed by atoms with E-state index >= 15 is 0 Å². The number of rotatable bonds is 7. The summed E-state index contributed by atoms with van der Waals surface area (Å²) in [5, 5.41) is 9.47. The number of anilines is 1. The van der Waals surface area contributed by atoms with Crippen molar-refractivity contribution in [1.82, 2.24) is 29.5 Å². The smallest absolute Gasteiger partial charge is 0.228 e. The molecule has 190 valence electrons. The van der Waals surface area contributed by atoms with Gasteiger partial charge >= 0.3 is 0 Å². The van der Waals surface area contributed by atoms with E-state index in [0.29, 0.717) is 12.4 Å². The third kappa shape index (κ3) is 4.50. The fraction of sp³-hybridized carbons (Fsp3) is 0.556. The molecule has 1 spiro atoms. The van der Waals surface area contributed by atoms with Crippen molar-refractivity contribution in [3.05, 3.63) is 36.4 Å². The molecule has 0 atom stereocenters. The second-order valence-corrected chi connectivity index (χ2v) is 10.9. The monoisotopic (exact) mass is 491 g/mol. The number of piperidine rings is 1. The standard InChI is InChI=1S/C27H34FN7O/c1-33-24(16-34-6-3-2-4-7-34)22(15-31-33)23-9-19-10-25(30-14-21(19)13-29-23)32-26(36)20-11-27(12-20)17-35(18-27)8-5-28/h9-10,13-15,20H,2-8,11-12,16-18H2,1H3,(H,30,32,36). The van der Waals surface area contributed by atoms with Crippen molar-refractivity contribution in [2.75, 3.05) is 44.7 Å². The molecule has 3 fully saturated rings. The largest absolute Gasteiger partial charge is 0.310 e. The van der Waals surface area contributed by atoms with E-state index in [1.165, 1.54) is 25.0 Å². The second kappa shape index (κ2) is 9.52. The van der Waals surface area contributed by atoms with E-state index in [2.05, 4.69) is 31.3 Å². The molecule has 9 heteroatoms. The van der Waals surface area contributed by atoms with Crippen LogP contribution in [0.2, 0.25) is 0 Å². The molecule has 1 aliphatic carbocycles. The predicted octanol–water partition coefficient (Wildman–Crippen LogP) is 3.64. The molecular formula is C27H34FN7O. The highest BCUT2D eigenvalue weighted by atomic mass is 19.1. The molecule has 2 aliphatic heterocycles. The first-order valence-electron chi connectivity index (χ1n) is 13.1. The van der Waals surface area contributed by atoms with Crippen molar-refractivity contribution in [3.63, 3.8) is 0 Å². The van der Waals surface area contributed by atoms with Gasteiger partial charge in [0, 0.05) is 62.5 Å². The van der Waals surface area contributed by atoms with E-state index in [9.17, 15) is 9.18 Å². The van der Waals surface area contributed by atoms with Crippen LogP contribution in [-0.2, 0) is 18.4 Å². The predicted molar refractivity (Wildman–Crippen MR) is 137 cm³/mol. The first-order chi connectivity index (χ1) is 17.5. The van der Waals surface area contributed by atoms with Gasteiger partial charge in [-0.05, 0) is 61.7 Å². The maximum absolute atomic E-state index is 12.8. The van der Waals surface area contributed by atoms with E-state index in [-0.39, 0.29) is 23.9 Å². The van der Waals surface area contributed by atoms with Gasteiger partial charge in [0.15, 0.2) is 0 Å². The average molecular weight is 492 g/mol. The summed E-state index contributed by atoms with van der Waals surface area (Å²) in [5.41, 5.74) is 3.33. The van der Waals surface area contributed by atoms with Crippen LogP contribution >= 0.6 is 0 Å². The molecule has 0 bridgehead atoms. The third-order valence-corrected chi connectivity index (χ3v) is 8.26. The van der Waals surface area contributed by atoms with Crippen LogP contribution in [-0.4, -0.2) is 74.9 Å². The molecule has 6 rings (SSSR count). The SMILES string of the molecule is Cn1ncc(-c2cc3cc(NC(=O)C4CC5(C4)CN(CCF)C5)ncc3cn2)c1CN1CCCCC1. The van der Waals surface area contributed by atoms with Crippen molar-refractivity contribution in [2.45, 2.75) is 38.6 Å². The second-order valence-electron chi connectivity index (χ2n) is 10.9. The summed E-state index contributed by atoms with van der Waals surface area (Å²) in [6, 6.07) is 4.00. The zero-order valence-corrected chi connectivity index (χ0v) is 20.9. The number of pyridine rings is 2. The topological polar surface area (TPSA) is 79.2 Å². The fourth-order valence-electron chi connectivity index (χ4n) is 6.28. The molecule has 2 saturated heterocycles. The van der Waals surface area contributed by atoms with Crippen molar-refractivity contribution < 1.29 is 9.18 Å². The number of amides is 1. The molecule has 0 radical (unpaired) electrons. The van der Waals surface area contributed by atoms with Crippen LogP contribution in [0.3, 0.4) is 0 Å². The summed E-state index contributed by atoms with van der Waals surface area (Å²) in [4.78, 5) is 26.6. The highest BCUT2D eigenvalue weighted by molar-refractivity contribution is 5.95. The maximum atomic E-state index is 12.8. The minimum Gasteiger partial charge on any atom is -0.310 e. The Morgan fingerprint density at radius 3 is 2.61 bits per heavy atom. The highest BCUT2D eigenvalue weighted by Gasteiger charge is 2.53. The molecular weight excluding hydrogens is 457 g/mol. The van der Waals surface area contributed by atoms with Gasteiger partial charge in [0.05, 0.1) is 17.6 Å². The summed E-state index contributed by atoms with van der Waals surface area (Å²) in [6.07, 6.45) is 11.1. The molecule has 3 aliphatic rings. The van der Waals surface area contributed by atoms with Gasteiger partial charge in [0.2, 0.25) is 5.91 Å². The van der Waals surface area contributed by atoms with Crippen molar-refractivity contribution >= 4 is 22.5 Å². The Kier molecular flexibility index (Phi) is 6.21. The molecule has 3 aromatic heterocycles. The Morgan fingerprint density at radius 1 is 1.06 bits per heavy atom. The molecule has 0 aromatic carbocycles. The minimum absolute atomic E-state index is 0.00997. The number of nitrogens with one attached hydrogen (secondary N) is 1. The number of hydrogen-bond acceptors (Lipinski definition) is 6. The lowest BCUT2D eigenvalue weighted by Gasteiger charge is -2.58. The molecule has 1 amide bonds. The summed E-state index contributed by atoms with van der Waals surface area (Å²) in [5.74, 6) is 0.607. The highest BCUT2D eigenvalue weighted by Crippen LogP contribution is 2.52. The zero-order chi connectivity index (χ0) is 24.7. The van der Waals surface area contributed by atoms with Crippen molar-refractivity contribution in [1.29, 1.82) is 0 Å². The summed E-state index contributed by atoms with van der Waals surface area (Å²) in [7, 11) is 1.99. The number of carbonyl (C=O) groups excluding carboxylic acids is 1. The van der Waals surface area contributed by atoms with Crippen LogP contribution in [0.25, 0.3) is 22.0 Å². The van der Waals surface area contributed by atoms with Crippen LogP contribution < -0.4 is 5.32 Å². The van der Waals surface area contributed by atoms with Crippen LogP contribution in [0.4, 0.5) is 10.2 Å². The molecule has 5 heterocycles. The summed E-state index contributed by atoms with van der Waals surface area (Å²) >= 11 is 0. The van der Waals surface area contributed by atoms with Crippen molar-refractivity contribution in [3.8, 4) is 11.3 Å². The number of hydrogen-bond donors (Lipinski definition) is 1. The van der Waals surface area contributed by atoms with E-state index in [4.69, 9.17) is 4.98 Å². The molecule has 3 aromatic rings. The van der Waals surface area contributed by atoms with E-state index in [1.807, 2.05) is 30.2 Å². The first-order valence-corrected chi connectivity index (χ1v) is 13.1. The lowest BCUT2D eigenvalue weighted by Crippen LogP contribution is -2.63. The average Bonchev–Trinajstić information content (AvgIpc) is 3.19. The number of aromatic nitrogens is 4. The number of carbonyl (C=O) groups is 1. The molecule has 8 nitrogen and oxygen atoms in total. The van der Waals surface area contributed by atoms with Gasteiger partial charge in [-0.2, -0.15) is 5.10 Å². The van der Waals surface area contributed by atoms with Gasteiger partial charge in [-0.1, -0.05) is 6.42 Å². The number of nitrogens with zero attached hydrogens (tertiary/aromatic N) is 6. The van der Waals surface area contributed by atoms with Gasteiger partial charge in [-0.3, -0.25) is 24.3 Å². The van der Waals surface area contributed by atoms with Gasteiger partial charge in [0.1, 0.15) is 12.5 Å². The number of aryl methyl sites for hydroxylation is 1. The quantitative estimate of drug-likeness (QED) is 0.544. The van der Waals surface area contributed by atoms with E-state index < -0.39 is 0 Å².